The van der Waals surface area contributed by atoms with Gasteiger partial charge in [0.25, 0.3) is 0 Å². The summed E-state index contributed by atoms with van der Waals surface area (Å²) in [6.45, 7) is 2.14. The molecular weight excluding hydrogens is 448 g/mol. The fraction of sp³-hybridized carbons (Fsp3) is 0.0833. The van der Waals surface area contributed by atoms with Gasteiger partial charge in [0.2, 0.25) is 5.82 Å². The molecule has 11 nitrogen and oxygen atoms in total. The minimum absolute atomic E-state index is 0.216. The zero-order chi connectivity index (χ0) is 24.2. The van der Waals surface area contributed by atoms with Crippen molar-refractivity contribution in [2.24, 2.45) is 0 Å². The van der Waals surface area contributed by atoms with Crippen molar-refractivity contribution >= 4 is 23.8 Å². The average Bonchev–Trinajstić information content (AvgIpc) is 3.57. The Hall–Kier alpha value is -5.06. The summed E-state index contributed by atoms with van der Waals surface area (Å²) in [5.74, 6) is 0.530. The van der Waals surface area contributed by atoms with Crippen LogP contribution in [0.15, 0.2) is 73.1 Å². The van der Waals surface area contributed by atoms with E-state index in [1.807, 2.05) is 65.2 Å². The van der Waals surface area contributed by atoms with Crippen LogP contribution in [-0.4, -0.2) is 54.1 Å². The largest absolute Gasteiger partial charge is 0.355 e. The van der Waals surface area contributed by atoms with Gasteiger partial charge >= 0.3 is 12.5 Å². The van der Waals surface area contributed by atoms with Gasteiger partial charge in [0.15, 0.2) is 0 Å². The lowest BCUT2D eigenvalue weighted by Crippen LogP contribution is -2.34. The van der Waals surface area contributed by atoms with E-state index in [2.05, 4.69) is 35.8 Å². The number of hydrogen-bond donors (Lipinski definition) is 2. The van der Waals surface area contributed by atoms with E-state index in [4.69, 9.17) is 0 Å². The number of amides is 2. The third-order valence-corrected chi connectivity index (χ3v) is 5.41. The van der Waals surface area contributed by atoms with E-state index in [0.29, 0.717) is 11.5 Å². The first-order valence-electron chi connectivity index (χ1n) is 10.8. The van der Waals surface area contributed by atoms with Gasteiger partial charge in [-0.25, -0.2) is 9.78 Å². The lowest BCUT2D eigenvalue weighted by Gasteiger charge is -2.17. The topological polar surface area (TPSA) is 130 Å². The van der Waals surface area contributed by atoms with E-state index in [1.54, 1.807) is 19.2 Å². The molecule has 0 bridgehead atoms. The van der Waals surface area contributed by atoms with Gasteiger partial charge in [0, 0.05) is 23.0 Å². The summed E-state index contributed by atoms with van der Waals surface area (Å²) in [4.78, 5) is 32.2. The van der Waals surface area contributed by atoms with Crippen LogP contribution >= 0.6 is 0 Å². The second kappa shape index (κ2) is 9.43. The second-order valence-corrected chi connectivity index (χ2v) is 7.51. The summed E-state index contributed by atoms with van der Waals surface area (Å²) in [6.07, 6.45) is 3.74. The number of benzene rings is 2. The van der Waals surface area contributed by atoms with Gasteiger partial charge in [0.1, 0.15) is 5.65 Å². The molecule has 3 heterocycles. The fourth-order valence-electron chi connectivity index (χ4n) is 3.76. The zero-order valence-corrected chi connectivity index (χ0v) is 18.6. The van der Waals surface area contributed by atoms with Crippen LogP contribution < -0.4 is 5.32 Å². The molecule has 0 saturated heterocycles. The quantitative estimate of drug-likeness (QED) is 0.274. The number of fused-ring (bicyclic) bond motifs is 1. The first-order valence-corrected chi connectivity index (χ1v) is 10.8. The van der Waals surface area contributed by atoms with Crippen LogP contribution in [0.25, 0.3) is 39.4 Å². The molecule has 2 N–H and O–H groups in total. The number of nitrogens with zero attached hydrogens (tertiary/aromatic N) is 6. The van der Waals surface area contributed by atoms with Crippen molar-refractivity contribution in [1.29, 1.82) is 0 Å². The van der Waals surface area contributed by atoms with Gasteiger partial charge in [-0.15, -0.1) is 10.2 Å². The molecule has 11 heteroatoms. The summed E-state index contributed by atoms with van der Waals surface area (Å²) in [5, 5.41) is 17.8. The Morgan fingerprint density at radius 2 is 1.89 bits per heavy atom. The van der Waals surface area contributed by atoms with Crippen LogP contribution in [0.3, 0.4) is 0 Å². The highest BCUT2D eigenvalue weighted by Crippen LogP contribution is 2.28. The number of hydroxylamine groups is 2. The van der Waals surface area contributed by atoms with Gasteiger partial charge in [-0.3, -0.25) is 9.20 Å². The molecule has 5 rings (SSSR count). The number of pyridine rings is 1. The number of anilines is 1. The number of nitrogens with one attached hydrogen (secondary N) is 2. The standard InChI is InChI=1S/C24H20N8O3/c1-2-32(35-15-33)24(34)26-20-8-4-6-18(12-20)21-14-25-22-13-17(9-10-31(21)22)16-5-3-7-19(11-16)23-27-29-30-28-23/h3-15H,2H2,1H3,(H,26,34)(H,27,28,29,30). The summed E-state index contributed by atoms with van der Waals surface area (Å²) < 4.78 is 1.97. The highest BCUT2D eigenvalue weighted by atomic mass is 16.7. The van der Waals surface area contributed by atoms with E-state index >= 15 is 0 Å². The van der Waals surface area contributed by atoms with Crippen molar-refractivity contribution < 1.29 is 14.4 Å². The molecule has 0 atom stereocenters. The highest BCUT2D eigenvalue weighted by Gasteiger charge is 2.14. The monoisotopic (exact) mass is 468 g/mol. The van der Waals surface area contributed by atoms with Crippen LogP contribution in [0.4, 0.5) is 10.5 Å². The maximum Gasteiger partial charge on any atom is 0.355 e. The van der Waals surface area contributed by atoms with Crippen LogP contribution in [0.2, 0.25) is 0 Å². The summed E-state index contributed by atoms with van der Waals surface area (Å²) in [6, 6.07) is 18.7. The Morgan fingerprint density at radius 3 is 2.69 bits per heavy atom. The molecule has 0 spiro atoms. The van der Waals surface area contributed by atoms with Gasteiger partial charge in [-0.1, -0.05) is 30.3 Å². The number of aromatic nitrogens is 6. The Labute approximate surface area is 199 Å². The van der Waals surface area contributed by atoms with E-state index in [0.717, 1.165) is 38.7 Å². The predicted octanol–water partition coefficient (Wildman–Crippen LogP) is 3.79. The number of hydrogen-bond acceptors (Lipinski definition) is 7. The number of aromatic amines is 1. The van der Waals surface area contributed by atoms with Crippen molar-refractivity contribution in [3.63, 3.8) is 0 Å². The van der Waals surface area contributed by atoms with Crippen molar-refractivity contribution in [2.45, 2.75) is 6.92 Å². The molecular formula is C24H20N8O3. The molecule has 174 valence electrons. The minimum atomic E-state index is -0.539. The minimum Gasteiger partial charge on any atom is -0.340 e. The maximum absolute atomic E-state index is 12.3. The van der Waals surface area contributed by atoms with E-state index in [-0.39, 0.29) is 13.0 Å². The molecule has 5 aromatic rings. The number of tetrazole rings is 1. The summed E-state index contributed by atoms with van der Waals surface area (Å²) in [5.41, 5.74) is 5.91. The smallest absolute Gasteiger partial charge is 0.340 e. The van der Waals surface area contributed by atoms with E-state index in [1.165, 1.54) is 0 Å². The summed E-state index contributed by atoms with van der Waals surface area (Å²) in [7, 11) is 0. The molecule has 0 unspecified atom stereocenters. The van der Waals surface area contributed by atoms with Crippen molar-refractivity contribution in [3.8, 4) is 33.8 Å². The van der Waals surface area contributed by atoms with E-state index in [9.17, 15) is 9.59 Å². The lowest BCUT2D eigenvalue weighted by molar-refractivity contribution is -0.158. The van der Waals surface area contributed by atoms with Gasteiger partial charge in [-0.2, -0.15) is 10.3 Å². The van der Waals surface area contributed by atoms with Gasteiger partial charge in [0.05, 0.1) is 18.4 Å². The molecule has 0 aliphatic rings. The van der Waals surface area contributed by atoms with Crippen molar-refractivity contribution in [3.05, 3.63) is 73.1 Å². The highest BCUT2D eigenvalue weighted by molar-refractivity contribution is 5.89. The Kier molecular flexibility index (Phi) is 5.87. The zero-order valence-electron chi connectivity index (χ0n) is 18.6. The third kappa shape index (κ3) is 4.42. The second-order valence-electron chi connectivity index (χ2n) is 7.51. The van der Waals surface area contributed by atoms with Crippen molar-refractivity contribution in [2.75, 3.05) is 11.9 Å². The number of H-pyrrole nitrogens is 1. The van der Waals surface area contributed by atoms with Gasteiger partial charge in [-0.05, 0) is 53.6 Å². The fourth-order valence-corrected chi connectivity index (χ4v) is 3.76. The molecule has 3 aromatic heterocycles. The first-order chi connectivity index (χ1) is 17.2. The van der Waals surface area contributed by atoms with Gasteiger partial charge < -0.3 is 10.2 Å². The molecule has 2 amide bonds. The Balaban J connectivity index is 1.42. The molecule has 0 radical (unpaired) electrons. The van der Waals surface area contributed by atoms with Crippen LogP contribution in [-0.2, 0) is 9.63 Å². The number of urea groups is 1. The Bertz CT molecular complexity index is 1500. The van der Waals surface area contributed by atoms with Crippen LogP contribution in [0.5, 0.6) is 0 Å². The molecule has 0 aliphatic carbocycles. The number of imidazole rings is 1. The molecule has 0 fully saturated rings. The van der Waals surface area contributed by atoms with Crippen molar-refractivity contribution in [1.82, 2.24) is 35.1 Å². The average molecular weight is 468 g/mol. The first kappa shape index (κ1) is 21.8. The number of carbonyl (C=O) groups is 2. The number of carbonyl (C=O) groups excluding carboxylic acids is 2. The van der Waals surface area contributed by atoms with Crippen LogP contribution in [0, 0.1) is 0 Å². The molecule has 2 aromatic carbocycles. The SMILES string of the molecule is CCN(OC=O)C(=O)Nc1cccc(-c2cnc3cc(-c4cccc(-c5nn[nH]n5)c4)ccn23)c1. The maximum atomic E-state index is 12.3. The normalized spacial score (nSPS) is 10.8. The summed E-state index contributed by atoms with van der Waals surface area (Å²) >= 11 is 0. The Morgan fingerprint density at radius 1 is 1.09 bits per heavy atom. The molecule has 0 aliphatic heterocycles. The predicted molar refractivity (Wildman–Crippen MR) is 128 cm³/mol. The lowest BCUT2D eigenvalue weighted by atomic mass is 10.0. The van der Waals surface area contributed by atoms with E-state index < -0.39 is 6.03 Å². The third-order valence-electron chi connectivity index (χ3n) is 5.41. The molecule has 0 saturated carbocycles. The number of rotatable bonds is 7. The molecule has 35 heavy (non-hydrogen) atoms. The van der Waals surface area contributed by atoms with Crippen LogP contribution in [0.1, 0.15) is 6.92 Å².